The molecule has 0 saturated heterocycles. The van der Waals surface area contributed by atoms with Crippen molar-refractivity contribution in [3.63, 3.8) is 0 Å². The molecule has 0 amide bonds. The molecule has 3 heteroatoms. The Hall–Kier alpha value is -1.61. The molecule has 2 N–H and O–H groups in total. The van der Waals surface area contributed by atoms with E-state index in [-0.39, 0.29) is 0 Å². The van der Waals surface area contributed by atoms with Gasteiger partial charge in [0.2, 0.25) is 0 Å². The lowest BCUT2D eigenvalue weighted by atomic mass is 10.2. The third-order valence-electron chi connectivity index (χ3n) is 2.91. The molecule has 0 atom stereocenters. The maximum Gasteiger partial charge on any atom is 0.121 e. The number of anilines is 1. The molecule has 0 aliphatic heterocycles. The Bertz CT molecular complexity index is 493. The van der Waals surface area contributed by atoms with Gasteiger partial charge >= 0.3 is 0 Å². The van der Waals surface area contributed by atoms with Crippen LogP contribution in [0.15, 0.2) is 48.5 Å². The summed E-state index contributed by atoms with van der Waals surface area (Å²) >= 11 is 1.95. The first-order valence-electron chi connectivity index (χ1n) is 6.86. The molecule has 0 radical (unpaired) electrons. The highest BCUT2D eigenvalue weighted by Crippen LogP contribution is 2.16. The second kappa shape index (κ2) is 7.85. The minimum Gasteiger partial charge on any atom is -0.493 e. The molecular weight excluding hydrogens is 266 g/mol. The molecule has 2 aromatic carbocycles. The summed E-state index contributed by atoms with van der Waals surface area (Å²) in [4.78, 5) is 0. The Kier molecular flexibility index (Phi) is 5.81. The summed E-state index contributed by atoms with van der Waals surface area (Å²) in [7, 11) is 0. The van der Waals surface area contributed by atoms with Gasteiger partial charge in [0.15, 0.2) is 0 Å². The van der Waals surface area contributed by atoms with E-state index < -0.39 is 0 Å². The average Bonchev–Trinajstić information content (AvgIpc) is 2.43. The molecule has 2 rings (SSSR count). The van der Waals surface area contributed by atoms with Crippen LogP contribution in [0, 0.1) is 6.92 Å². The molecular formula is C17H21NOS. The maximum absolute atomic E-state index is 5.70. The van der Waals surface area contributed by atoms with E-state index in [4.69, 9.17) is 10.5 Å². The van der Waals surface area contributed by atoms with Crippen molar-refractivity contribution < 1.29 is 4.74 Å². The van der Waals surface area contributed by atoms with Crippen LogP contribution in [0.1, 0.15) is 17.5 Å². The van der Waals surface area contributed by atoms with Crippen LogP contribution in [0.5, 0.6) is 5.75 Å². The van der Waals surface area contributed by atoms with Gasteiger partial charge in [0.05, 0.1) is 6.61 Å². The van der Waals surface area contributed by atoms with E-state index >= 15 is 0 Å². The van der Waals surface area contributed by atoms with Crippen molar-refractivity contribution in [2.45, 2.75) is 19.1 Å². The standard InChI is InChI=1S/C17H21NOS/c1-14-5-2-6-15(11-14)13-20-10-4-9-19-17-8-3-7-16(18)12-17/h2-3,5-8,11-12H,4,9-10,13,18H2,1H3. The molecule has 0 fully saturated rings. The van der Waals surface area contributed by atoms with Crippen molar-refractivity contribution in [3.8, 4) is 5.75 Å². The lowest BCUT2D eigenvalue weighted by Crippen LogP contribution is -1.99. The zero-order valence-electron chi connectivity index (χ0n) is 11.8. The van der Waals surface area contributed by atoms with E-state index in [2.05, 4.69) is 31.2 Å². The fourth-order valence-electron chi connectivity index (χ4n) is 1.95. The smallest absolute Gasteiger partial charge is 0.121 e. The van der Waals surface area contributed by atoms with Gasteiger partial charge in [0, 0.05) is 17.5 Å². The highest BCUT2D eigenvalue weighted by Gasteiger charge is 1.96. The van der Waals surface area contributed by atoms with Gasteiger partial charge in [-0.3, -0.25) is 0 Å². The van der Waals surface area contributed by atoms with Crippen molar-refractivity contribution in [1.29, 1.82) is 0 Å². The van der Waals surface area contributed by atoms with Gasteiger partial charge in [0.1, 0.15) is 5.75 Å². The first-order chi connectivity index (χ1) is 9.74. The summed E-state index contributed by atoms with van der Waals surface area (Å²) in [5.74, 6) is 3.03. The Labute approximate surface area is 125 Å². The highest BCUT2D eigenvalue weighted by molar-refractivity contribution is 7.98. The third kappa shape index (κ3) is 5.17. The van der Waals surface area contributed by atoms with Gasteiger partial charge in [-0.15, -0.1) is 0 Å². The quantitative estimate of drug-likeness (QED) is 0.610. The fourth-order valence-corrected chi connectivity index (χ4v) is 2.83. The Morgan fingerprint density at radius 1 is 1.10 bits per heavy atom. The van der Waals surface area contributed by atoms with Gasteiger partial charge in [-0.1, -0.05) is 35.9 Å². The molecule has 0 unspecified atom stereocenters. The second-order valence-corrected chi connectivity index (χ2v) is 5.92. The van der Waals surface area contributed by atoms with Crippen LogP contribution >= 0.6 is 11.8 Å². The van der Waals surface area contributed by atoms with Crippen LogP contribution in [0.3, 0.4) is 0 Å². The third-order valence-corrected chi connectivity index (χ3v) is 4.03. The molecule has 0 aliphatic rings. The molecule has 0 aliphatic carbocycles. The van der Waals surface area contributed by atoms with Gasteiger partial charge in [-0.2, -0.15) is 11.8 Å². The summed E-state index contributed by atoms with van der Waals surface area (Å²) in [5.41, 5.74) is 9.17. The van der Waals surface area contributed by atoms with Crippen molar-refractivity contribution in [3.05, 3.63) is 59.7 Å². The molecule has 0 aromatic heterocycles. The Balaban J connectivity index is 1.60. The molecule has 0 bridgehead atoms. The highest BCUT2D eigenvalue weighted by atomic mass is 32.2. The van der Waals surface area contributed by atoms with Gasteiger partial charge in [-0.05, 0) is 36.8 Å². The Morgan fingerprint density at radius 2 is 1.95 bits per heavy atom. The van der Waals surface area contributed by atoms with Gasteiger partial charge < -0.3 is 10.5 Å². The molecule has 2 aromatic rings. The number of hydrogen-bond donors (Lipinski definition) is 1. The summed E-state index contributed by atoms with van der Waals surface area (Å²) in [6.45, 7) is 2.87. The van der Waals surface area contributed by atoms with Crippen LogP contribution in [0.4, 0.5) is 5.69 Å². The number of nitrogen functional groups attached to an aromatic ring is 1. The number of hydrogen-bond acceptors (Lipinski definition) is 3. The first kappa shape index (κ1) is 14.8. The molecule has 2 nitrogen and oxygen atoms in total. The molecule has 106 valence electrons. The number of thioether (sulfide) groups is 1. The maximum atomic E-state index is 5.70. The van der Waals surface area contributed by atoms with Crippen LogP contribution in [0.2, 0.25) is 0 Å². The zero-order chi connectivity index (χ0) is 14.2. The van der Waals surface area contributed by atoms with Crippen LogP contribution in [-0.4, -0.2) is 12.4 Å². The number of benzene rings is 2. The summed E-state index contributed by atoms with van der Waals surface area (Å²) < 4.78 is 5.66. The van der Waals surface area contributed by atoms with Gasteiger partial charge in [0.25, 0.3) is 0 Å². The monoisotopic (exact) mass is 287 g/mol. The van der Waals surface area contributed by atoms with E-state index in [1.807, 2.05) is 36.0 Å². The van der Waals surface area contributed by atoms with Crippen molar-refractivity contribution in [2.75, 3.05) is 18.1 Å². The summed E-state index contributed by atoms with van der Waals surface area (Å²) in [6.07, 6.45) is 1.05. The minimum absolute atomic E-state index is 0.740. The number of rotatable bonds is 7. The number of aryl methyl sites for hydroxylation is 1. The summed E-state index contributed by atoms with van der Waals surface area (Å²) in [6, 6.07) is 16.3. The predicted octanol–water partition coefficient (Wildman–Crippen LogP) is 4.28. The van der Waals surface area contributed by atoms with Crippen molar-refractivity contribution >= 4 is 17.4 Å². The fraction of sp³-hybridized carbons (Fsp3) is 0.294. The van der Waals surface area contributed by atoms with E-state index in [1.54, 1.807) is 0 Å². The lowest BCUT2D eigenvalue weighted by Gasteiger charge is -2.07. The van der Waals surface area contributed by atoms with Crippen molar-refractivity contribution in [2.24, 2.45) is 0 Å². The number of ether oxygens (including phenoxy) is 1. The topological polar surface area (TPSA) is 35.2 Å². The van der Waals surface area contributed by atoms with E-state index in [9.17, 15) is 0 Å². The van der Waals surface area contributed by atoms with E-state index in [0.29, 0.717) is 0 Å². The first-order valence-corrected chi connectivity index (χ1v) is 8.01. The molecule has 0 spiro atoms. The van der Waals surface area contributed by atoms with Crippen LogP contribution in [-0.2, 0) is 5.75 Å². The zero-order valence-corrected chi connectivity index (χ0v) is 12.7. The Morgan fingerprint density at radius 3 is 2.75 bits per heavy atom. The van der Waals surface area contributed by atoms with Crippen molar-refractivity contribution in [1.82, 2.24) is 0 Å². The van der Waals surface area contributed by atoms with E-state index in [0.717, 1.165) is 36.0 Å². The lowest BCUT2D eigenvalue weighted by molar-refractivity contribution is 0.319. The predicted molar refractivity (Wildman–Crippen MR) is 88.3 cm³/mol. The van der Waals surface area contributed by atoms with Crippen LogP contribution in [0.25, 0.3) is 0 Å². The van der Waals surface area contributed by atoms with E-state index in [1.165, 1.54) is 11.1 Å². The molecule has 20 heavy (non-hydrogen) atoms. The number of nitrogens with two attached hydrogens (primary N) is 1. The normalized spacial score (nSPS) is 10.4. The van der Waals surface area contributed by atoms with Gasteiger partial charge in [-0.25, -0.2) is 0 Å². The molecule has 0 saturated carbocycles. The van der Waals surface area contributed by atoms with Crippen LogP contribution < -0.4 is 10.5 Å². The second-order valence-electron chi connectivity index (χ2n) is 4.82. The minimum atomic E-state index is 0.740. The SMILES string of the molecule is Cc1cccc(CSCCCOc2cccc(N)c2)c1. The average molecular weight is 287 g/mol. The summed E-state index contributed by atoms with van der Waals surface area (Å²) in [5, 5.41) is 0. The largest absolute Gasteiger partial charge is 0.493 e. The molecule has 0 heterocycles.